The number of para-hydroxylation sites is 1. The van der Waals surface area contributed by atoms with E-state index in [2.05, 4.69) is 0 Å². The Morgan fingerprint density at radius 1 is 1.12 bits per heavy atom. The molecule has 0 atom stereocenters. The van der Waals surface area contributed by atoms with Gasteiger partial charge in [0.2, 0.25) is 10.0 Å². The zero-order chi connectivity index (χ0) is 19.1. The number of anilines is 1. The van der Waals surface area contributed by atoms with E-state index in [1.54, 1.807) is 18.2 Å². The molecule has 0 bridgehead atoms. The smallest absolute Gasteiger partial charge is 0.418 e. The quantitative estimate of drug-likeness (QED) is 0.744. The van der Waals surface area contributed by atoms with E-state index in [-0.39, 0.29) is 12.2 Å². The molecule has 2 N–H and O–H groups in total. The molecule has 0 fully saturated rings. The van der Waals surface area contributed by atoms with Crippen molar-refractivity contribution in [2.24, 2.45) is 5.14 Å². The summed E-state index contributed by atoms with van der Waals surface area (Å²) in [5.74, 6) is 0.484. The third-order valence-corrected chi connectivity index (χ3v) is 4.79. The molecule has 2 aromatic carbocycles. The number of hydrogen-bond acceptors (Lipinski definition) is 4. The molecule has 26 heavy (non-hydrogen) atoms. The van der Waals surface area contributed by atoms with E-state index >= 15 is 0 Å². The number of nitrogens with two attached hydrogens (primary N) is 1. The van der Waals surface area contributed by atoms with Gasteiger partial charge in [0.25, 0.3) is 0 Å². The predicted molar refractivity (Wildman–Crippen MR) is 91.1 cm³/mol. The third kappa shape index (κ3) is 3.68. The minimum atomic E-state index is -4.74. The summed E-state index contributed by atoms with van der Waals surface area (Å²) >= 11 is 0. The number of halogens is 3. The lowest BCUT2D eigenvalue weighted by Crippen LogP contribution is -2.22. The lowest BCUT2D eigenvalue weighted by atomic mass is 10.1. The van der Waals surface area contributed by atoms with Crippen LogP contribution in [0.15, 0.2) is 57.8 Å². The highest BCUT2D eigenvalue weighted by Crippen LogP contribution is 2.38. The monoisotopic (exact) mass is 384 g/mol. The van der Waals surface area contributed by atoms with E-state index in [9.17, 15) is 21.6 Å². The number of rotatable bonds is 4. The Morgan fingerprint density at radius 2 is 1.81 bits per heavy atom. The predicted octanol–water partition coefficient (Wildman–Crippen LogP) is 3.74. The van der Waals surface area contributed by atoms with Gasteiger partial charge in [-0.3, -0.25) is 0 Å². The van der Waals surface area contributed by atoms with Crippen molar-refractivity contribution in [2.75, 3.05) is 11.9 Å². The Kier molecular flexibility index (Phi) is 4.45. The molecule has 0 saturated heterocycles. The number of furan rings is 1. The minimum Gasteiger partial charge on any atom is -0.459 e. The van der Waals surface area contributed by atoms with Gasteiger partial charge in [0.05, 0.1) is 17.0 Å². The van der Waals surface area contributed by atoms with Crippen LogP contribution in [-0.2, 0) is 22.7 Å². The maximum Gasteiger partial charge on any atom is 0.418 e. The number of benzene rings is 2. The first-order chi connectivity index (χ1) is 12.1. The van der Waals surface area contributed by atoms with Gasteiger partial charge in [-0.15, -0.1) is 0 Å². The largest absolute Gasteiger partial charge is 0.459 e. The summed E-state index contributed by atoms with van der Waals surface area (Å²) in [5.41, 5.74) is -0.621. The van der Waals surface area contributed by atoms with Crippen molar-refractivity contribution < 1.29 is 26.0 Å². The number of fused-ring (bicyclic) bond motifs is 1. The maximum atomic E-state index is 13.4. The molecule has 0 saturated carbocycles. The van der Waals surface area contributed by atoms with Crippen LogP contribution in [0.2, 0.25) is 0 Å². The van der Waals surface area contributed by atoms with E-state index < -0.39 is 26.7 Å². The average Bonchev–Trinajstić information content (AvgIpc) is 2.94. The summed E-state index contributed by atoms with van der Waals surface area (Å²) in [5, 5.41) is 5.78. The zero-order valence-electron chi connectivity index (χ0n) is 13.6. The van der Waals surface area contributed by atoms with Crippen LogP contribution in [0.4, 0.5) is 18.9 Å². The fourth-order valence-corrected chi connectivity index (χ4v) is 3.23. The molecule has 0 radical (unpaired) electrons. The number of nitrogens with zero attached hydrogens (tertiary/aromatic N) is 1. The molecule has 1 heterocycles. The molecule has 3 aromatic rings. The van der Waals surface area contributed by atoms with Gasteiger partial charge in [0, 0.05) is 18.1 Å². The third-order valence-electron chi connectivity index (χ3n) is 3.88. The van der Waals surface area contributed by atoms with Crippen LogP contribution in [0.25, 0.3) is 11.0 Å². The van der Waals surface area contributed by atoms with Gasteiger partial charge in [-0.25, -0.2) is 13.6 Å². The summed E-state index contributed by atoms with van der Waals surface area (Å²) in [6.45, 7) is 0.0759. The second-order valence-electron chi connectivity index (χ2n) is 5.83. The molecular formula is C17H15F3N2O3S. The van der Waals surface area contributed by atoms with E-state index in [1.165, 1.54) is 11.9 Å². The van der Waals surface area contributed by atoms with Crippen LogP contribution < -0.4 is 10.0 Å². The minimum absolute atomic E-state index is 0.0759. The maximum absolute atomic E-state index is 13.4. The van der Waals surface area contributed by atoms with Gasteiger partial charge in [0.15, 0.2) is 0 Å². The summed E-state index contributed by atoms with van der Waals surface area (Å²) in [7, 11) is -2.77. The number of alkyl halides is 3. The van der Waals surface area contributed by atoms with Crippen LogP contribution in [0.3, 0.4) is 0 Å². The van der Waals surface area contributed by atoms with Crippen molar-refractivity contribution in [3.63, 3.8) is 0 Å². The van der Waals surface area contributed by atoms with Gasteiger partial charge in [-0.2, -0.15) is 13.2 Å². The van der Waals surface area contributed by atoms with Gasteiger partial charge in [-0.05, 0) is 30.3 Å². The van der Waals surface area contributed by atoms with E-state index in [0.717, 1.165) is 17.5 Å². The molecule has 3 rings (SSSR count). The molecule has 1 aromatic heterocycles. The molecule has 9 heteroatoms. The number of primary sulfonamides is 1. The standard InChI is InChI=1S/C17H15F3N2O3S/c1-22(10-12-8-11-4-2-3-5-16(11)25-12)15-7-6-13(26(21,23)24)9-14(15)17(18,19)20/h2-9H,10H2,1H3,(H2,21,23,24). The zero-order valence-corrected chi connectivity index (χ0v) is 14.4. The molecule has 0 aliphatic heterocycles. The van der Waals surface area contributed by atoms with Gasteiger partial charge in [0.1, 0.15) is 11.3 Å². The molecule has 0 spiro atoms. The first kappa shape index (κ1) is 18.3. The highest BCUT2D eigenvalue weighted by Gasteiger charge is 2.35. The average molecular weight is 384 g/mol. The molecule has 0 amide bonds. The number of sulfonamides is 1. The SMILES string of the molecule is CN(Cc1cc2ccccc2o1)c1ccc(S(N)(=O)=O)cc1C(F)(F)F. The second kappa shape index (κ2) is 6.33. The van der Waals surface area contributed by atoms with Crippen LogP contribution in [0, 0.1) is 0 Å². The van der Waals surface area contributed by atoms with Gasteiger partial charge >= 0.3 is 6.18 Å². The first-order valence-corrected chi connectivity index (χ1v) is 9.03. The van der Waals surface area contributed by atoms with E-state index in [1.807, 2.05) is 12.1 Å². The molecule has 0 aliphatic rings. The normalized spacial score (nSPS) is 12.5. The van der Waals surface area contributed by atoms with Crippen LogP contribution in [-0.4, -0.2) is 15.5 Å². The second-order valence-corrected chi connectivity index (χ2v) is 7.39. The fraction of sp³-hybridized carbons (Fsp3) is 0.176. The van der Waals surface area contributed by atoms with Gasteiger partial charge < -0.3 is 9.32 Å². The van der Waals surface area contributed by atoms with Gasteiger partial charge in [-0.1, -0.05) is 18.2 Å². The molecule has 138 valence electrons. The van der Waals surface area contributed by atoms with Crippen LogP contribution in [0.5, 0.6) is 0 Å². The number of hydrogen-bond donors (Lipinski definition) is 1. The fourth-order valence-electron chi connectivity index (χ4n) is 2.69. The highest BCUT2D eigenvalue weighted by atomic mass is 32.2. The van der Waals surface area contributed by atoms with Crippen LogP contribution >= 0.6 is 0 Å². The summed E-state index contributed by atoms with van der Waals surface area (Å²) in [6, 6.07) is 11.7. The Hall–Kier alpha value is -2.52. The van der Waals surface area contributed by atoms with Crippen molar-refractivity contribution in [3.05, 3.63) is 59.9 Å². The Morgan fingerprint density at radius 3 is 2.42 bits per heavy atom. The summed E-state index contributed by atoms with van der Waals surface area (Å²) in [6.07, 6.45) is -4.74. The Bertz CT molecular complexity index is 1030. The first-order valence-electron chi connectivity index (χ1n) is 7.48. The van der Waals surface area contributed by atoms with E-state index in [0.29, 0.717) is 17.4 Å². The molecule has 5 nitrogen and oxygen atoms in total. The highest BCUT2D eigenvalue weighted by molar-refractivity contribution is 7.89. The Balaban J connectivity index is 1.99. The van der Waals surface area contributed by atoms with E-state index in [4.69, 9.17) is 9.56 Å². The van der Waals surface area contributed by atoms with Crippen molar-refractivity contribution in [1.82, 2.24) is 0 Å². The topological polar surface area (TPSA) is 76.5 Å². The Labute approximate surface area is 147 Å². The van der Waals surface area contributed by atoms with Crippen molar-refractivity contribution in [3.8, 4) is 0 Å². The molecule has 0 unspecified atom stereocenters. The molecular weight excluding hydrogens is 369 g/mol. The lowest BCUT2D eigenvalue weighted by Gasteiger charge is -2.23. The lowest BCUT2D eigenvalue weighted by molar-refractivity contribution is -0.137. The van der Waals surface area contributed by atoms with Crippen molar-refractivity contribution in [2.45, 2.75) is 17.6 Å². The van der Waals surface area contributed by atoms with Crippen molar-refractivity contribution >= 4 is 26.7 Å². The summed E-state index contributed by atoms with van der Waals surface area (Å²) in [4.78, 5) is 0.749. The van der Waals surface area contributed by atoms with Crippen molar-refractivity contribution in [1.29, 1.82) is 0 Å². The molecule has 0 aliphatic carbocycles. The van der Waals surface area contributed by atoms with Crippen LogP contribution in [0.1, 0.15) is 11.3 Å². The summed E-state index contributed by atoms with van der Waals surface area (Å²) < 4.78 is 68.5.